The third-order valence-corrected chi connectivity index (χ3v) is 15.0. The molecule has 8 aromatic carbocycles. The maximum atomic E-state index is 12.4. The minimum Gasteiger partial charge on any atom is -0.507 e. The second-order valence-electron chi connectivity index (χ2n) is 21.1. The summed E-state index contributed by atoms with van der Waals surface area (Å²) in [7, 11) is 0. The smallest absolute Gasteiger partial charge is 0.149 e. The fourth-order valence-electron chi connectivity index (χ4n) is 10.9. The van der Waals surface area contributed by atoms with Gasteiger partial charge in [0, 0.05) is 33.9 Å². The second-order valence-corrected chi connectivity index (χ2v) is 21.1. The predicted molar refractivity (Wildman–Crippen MR) is 296 cm³/mol. The lowest BCUT2D eigenvalue weighted by molar-refractivity contribution is 0.479. The molecular formula is C67H61N3O. The van der Waals surface area contributed by atoms with Crippen molar-refractivity contribution in [2.24, 2.45) is 5.92 Å². The molecule has 0 bridgehead atoms. The fraction of sp³-hybridized carbons (Fsp3) is 0.194. The first-order valence-electron chi connectivity index (χ1n) is 25.4. The van der Waals surface area contributed by atoms with Gasteiger partial charge in [-0.15, -0.1) is 0 Å². The number of aromatic nitrogens is 3. The lowest BCUT2D eigenvalue weighted by atomic mass is 9.77. The Balaban J connectivity index is 1.09. The molecule has 10 aromatic rings. The van der Waals surface area contributed by atoms with E-state index in [1.165, 1.54) is 47.9 Å². The van der Waals surface area contributed by atoms with Crippen LogP contribution < -0.4 is 0 Å². The van der Waals surface area contributed by atoms with Gasteiger partial charge in [0.15, 0.2) is 0 Å². The monoisotopic (exact) mass is 923 g/mol. The van der Waals surface area contributed by atoms with Crippen molar-refractivity contribution in [3.63, 3.8) is 0 Å². The number of para-hydroxylation sites is 2. The zero-order valence-electron chi connectivity index (χ0n) is 41.5. The summed E-state index contributed by atoms with van der Waals surface area (Å²) in [4.78, 5) is 10.7. The molecule has 1 aliphatic carbocycles. The van der Waals surface area contributed by atoms with Crippen molar-refractivity contribution < 1.29 is 5.11 Å². The third kappa shape index (κ3) is 9.00. The SMILES string of the molecule is CC(C)(C)c1cc(-c2cc(-c3cccc(C(C)(C)c4ccccc4)c3)ccn2)cc(-c2cccc3c2nc(-c2cccc(-c4ccccc4)c2O)n3-c2ccc(CC3CCCC3)cc2-c2ccccc2)c1. The van der Waals surface area contributed by atoms with Crippen molar-refractivity contribution in [2.75, 3.05) is 0 Å². The Morgan fingerprint density at radius 2 is 1.08 bits per heavy atom. The fourth-order valence-corrected chi connectivity index (χ4v) is 10.9. The standard InChI is InChI=1S/C67H61N3O/c1-66(2,3)55-42-51(40-52(43-55)60-44-50(36-37-68-60)49-26-17-29-54(41-49)67(4,5)53-27-13-8-14-28-53)56-30-19-33-62-63(56)69-65(58-32-18-31-57(64(58)71)47-22-9-6-10-23-47)70(62)61-35-34-46(38-45-20-15-16-21-45)39-59(61)48-24-11-7-12-25-48/h6-14,17-19,22-37,39-45,71H,15-16,20-21,38H2,1-5H3. The van der Waals surface area contributed by atoms with Crippen LogP contribution in [0.25, 0.3) is 83.9 Å². The highest BCUT2D eigenvalue weighted by Gasteiger charge is 2.27. The van der Waals surface area contributed by atoms with Gasteiger partial charge in [-0.1, -0.05) is 212 Å². The molecule has 0 saturated heterocycles. The molecule has 1 fully saturated rings. The highest BCUT2D eigenvalue weighted by molar-refractivity contribution is 5.98. The van der Waals surface area contributed by atoms with E-state index in [4.69, 9.17) is 9.97 Å². The molecule has 1 N–H and O–H groups in total. The first-order valence-corrected chi connectivity index (χ1v) is 25.4. The Hall–Kier alpha value is -7.82. The molecule has 350 valence electrons. The van der Waals surface area contributed by atoms with Gasteiger partial charge in [0.2, 0.25) is 0 Å². The van der Waals surface area contributed by atoms with E-state index in [0.717, 1.165) is 78.9 Å². The molecule has 4 heteroatoms. The maximum Gasteiger partial charge on any atom is 0.149 e. The number of rotatable bonds is 11. The molecule has 71 heavy (non-hydrogen) atoms. The Kier molecular flexibility index (Phi) is 12.1. The van der Waals surface area contributed by atoms with Crippen LogP contribution in [0.15, 0.2) is 206 Å². The van der Waals surface area contributed by atoms with Crippen molar-refractivity contribution in [1.82, 2.24) is 14.5 Å². The van der Waals surface area contributed by atoms with Crippen LogP contribution in [0.2, 0.25) is 0 Å². The summed E-state index contributed by atoms with van der Waals surface area (Å²) in [5.41, 5.74) is 18.6. The zero-order chi connectivity index (χ0) is 48.7. The van der Waals surface area contributed by atoms with Gasteiger partial charge in [-0.05, 0) is 116 Å². The minimum absolute atomic E-state index is 0.160. The largest absolute Gasteiger partial charge is 0.507 e. The lowest BCUT2D eigenvalue weighted by Gasteiger charge is -2.26. The van der Waals surface area contributed by atoms with E-state index in [0.29, 0.717) is 17.3 Å². The van der Waals surface area contributed by atoms with Crippen molar-refractivity contribution in [3.8, 4) is 78.6 Å². The van der Waals surface area contributed by atoms with Crippen LogP contribution in [-0.2, 0) is 17.3 Å². The number of hydrogen-bond acceptors (Lipinski definition) is 3. The van der Waals surface area contributed by atoms with E-state index in [9.17, 15) is 5.11 Å². The van der Waals surface area contributed by atoms with Crippen molar-refractivity contribution in [2.45, 2.75) is 77.6 Å². The van der Waals surface area contributed by atoms with E-state index in [1.807, 2.05) is 54.7 Å². The molecular weight excluding hydrogens is 863 g/mol. The zero-order valence-corrected chi connectivity index (χ0v) is 41.5. The second kappa shape index (κ2) is 18.8. The van der Waals surface area contributed by atoms with Gasteiger partial charge in [0.25, 0.3) is 0 Å². The molecule has 11 rings (SSSR count). The molecule has 2 aromatic heterocycles. The van der Waals surface area contributed by atoms with Gasteiger partial charge in [0.1, 0.15) is 11.6 Å². The quantitative estimate of drug-likeness (QED) is 0.141. The van der Waals surface area contributed by atoms with Gasteiger partial charge in [0.05, 0.1) is 28.0 Å². The summed E-state index contributed by atoms with van der Waals surface area (Å²) in [5.74, 6) is 1.60. The van der Waals surface area contributed by atoms with Crippen LogP contribution >= 0.6 is 0 Å². The number of phenolic OH excluding ortho intramolecular Hbond substituents is 1. The summed E-state index contributed by atoms with van der Waals surface area (Å²) < 4.78 is 2.29. The number of pyridine rings is 1. The molecule has 0 atom stereocenters. The average Bonchev–Trinajstić information content (AvgIpc) is 4.07. The van der Waals surface area contributed by atoms with E-state index in [1.54, 1.807) is 0 Å². The number of phenols is 1. The molecule has 4 nitrogen and oxygen atoms in total. The van der Waals surface area contributed by atoms with Crippen LogP contribution in [0.4, 0.5) is 0 Å². The van der Waals surface area contributed by atoms with Crippen molar-refractivity contribution in [1.29, 1.82) is 0 Å². The molecule has 1 aliphatic rings. The highest BCUT2D eigenvalue weighted by Crippen LogP contribution is 2.45. The van der Waals surface area contributed by atoms with Gasteiger partial charge < -0.3 is 5.11 Å². The summed E-state index contributed by atoms with van der Waals surface area (Å²) in [6, 6.07) is 71.4. The molecule has 2 heterocycles. The number of nitrogens with zero attached hydrogens (tertiary/aromatic N) is 3. The Morgan fingerprint density at radius 1 is 0.493 bits per heavy atom. The number of aromatic hydroxyl groups is 1. The average molecular weight is 924 g/mol. The topological polar surface area (TPSA) is 50.9 Å². The summed E-state index contributed by atoms with van der Waals surface area (Å²) in [6.45, 7) is 11.4. The van der Waals surface area contributed by atoms with Crippen molar-refractivity contribution >= 4 is 11.0 Å². The van der Waals surface area contributed by atoms with Crippen LogP contribution in [0.5, 0.6) is 5.75 Å². The van der Waals surface area contributed by atoms with E-state index < -0.39 is 0 Å². The third-order valence-electron chi connectivity index (χ3n) is 15.0. The summed E-state index contributed by atoms with van der Waals surface area (Å²) in [5, 5.41) is 12.4. The van der Waals surface area contributed by atoms with E-state index >= 15 is 0 Å². The predicted octanol–water partition coefficient (Wildman–Crippen LogP) is 17.5. The Morgan fingerprint density at radius 3 is 1.82 bits per heavy atom. The number of benzene rings is 8. The normalized spacial score (nSPS) is 13.3. The first-order chi connectivity index (χ1) is 34.5. The molecule has 1 saturated carbocycles. The van der Waals surface area contributed by atoms with Crippen LogP contribution in [0, 0.1) is 5.92 Å². The summed E-state index contributed by atoms with van der Waals surface area (Å²) >= 11 is 0. The Labute approximate surface area is 419 Å². The molecule has 0 aliphatic heterocycles. The van der Waals surface area contributed by atoms with Crippen LogP contribution in [0.1, 0.15) is 82.6 Å². The molecule has 0 radical (unpaired) electrons. The van der Waals surface area contributed by atoms with Gasteiger partial charge in [-0.3, -0.25) is 9.55 Å². The first kappa shape index (κ1) is 45.6. The maximum absolute atomic E-state index is 12.4. The van der Waals surface area contributed by atoms with Gasteiger partial charge in [-0.25, -0.2) is 4.98 Å². The minimum atomic E-state index is -0.165. The molecule has 0 unspecified atom stereocenters. The Bertz CT molecular complexity index is 3520. The van der Waals surface area contributed by atoms with Crippen LogP contribution in [-0.4, -0.2) is 19.6 Å². The van der Waals surface area contributed by atoms with E-state index in [2.05, 4.69) is 191 Å². The molecule has 0 spiro atoms. The highest BCUT2D eigenvalue weighted by atomic mass is 16.3. The van der Waals surface area contributed by atoms with Gasteiger partial charge in [-0.2, -0.15) is 0 Å². The van der Waals surface area contributed by atoms with Gasteiger partial charge >= 0.3 is 0 Å². The van der Waals surface area contributed by atoms with E-state index in [-0.39, 0.29) is 16.6 Å². The summed E-state index contributed by atoms with van der Waals surface area (Å²) in [6.07, 6.45) is 8.23. The van der Waals surface area contributed by atoms with Crippen LogP contribution in [0.3, 0.4) is 0 Å². The molecule has 0 amide bonds. The number of hydrogen-bond donors (Lipinski definition) is 1. The lowest BCUT2D eigenvalue weighted by Crippen LogP contribution is -2.18. The number of imidazole rings is 1. The van der Waals surface area contributed by atoms with Crippen molar-refractivity contribution in [3.05, 3.63) is 229 Å². The number of fused-ring (bicyclic) bond motifs is 1.